The van der Waals surface area contributed by atoms with Crippen LogP contribution in [0.3, 0.4) is 0 Å². The zero-order chi connectivity index (χ0) is 16.8. The molecule has 1 aliphatic carbocycles. The SMILES string of the molecule is NC/C=C(\NC1C=CC=CC1)c1nn(-c2ccccc2)ccc1=O. The number of aromatic nitrogens is 2. The fraction of sp³-hybridized carbons (Fsp3) is 0.158. The van der Waals surface area contributed by atoms with Crippen molar-refractivity contribution in [3.8, 4) is 5.69 Å². The van der Waals surface area contributed by atoms with E-state index >= 15 is 0 Å². The lowest BCUT2D eigenvalue weighted by Crippen LogP contribution is -2.30. The van der Waals surface area contributed by atoms with E-state index in [0.29, 0.717) is 17.9 Å². The summed E-state index contributed by atoms with van der Waals surface area (Å²) in [5.74, 6) is 0. The Morgan fingerprint density at radius 3 is 2.83 bits per heavy atom. The number of para-hydroxylation sites is 1. The Balaban J connectivity index is 1.95. The highest BCUT2D eigenvalue weighted by Gasteiger charge is 2.13. The maximum Gasteiger partial charge on any atom is 0.209 e. The number of hydrogen-bond acceptors (Lipinski definition) is 4. The van der Waals surface area contributed by atoms with Crippen molar-refractivity contribution >= 4 is 5.70 Å². The van der Waals surface area contributed by atoms with Crippen molar-refractivity contribution in [2.75, 3.05) is 6.54 Å². The molecule has 5 heteroatoms. The first-order valence-electron chi connectivity index (χ1n) is 7.94. The molecule has 1 heterocycles. The van der Waals surface area contributed by atoms with Gasteiger partial charge < -0.3 is 11.1 Å². The lowest BCUT2D eigenvalue weighted by atomic mass is 10.1. The largest absolute Gasteiger partial charge is 0.377 e. The van der Waals surface area contributed by atoms with Crippen molar-refractivity contribution in [2.24, 2.45) is 5.73 Å². The Bertz CT molecular complexity index is 834. The predicted octanol–water partition coefficient (Wildman–Crippen LogP) is 2.01. The topological polar surface area (TPSA) is 72.9 Å². The van der Waals surface area contributed by atoms with Crippen molar-refractivity contribution in [1.82, 2.24) is 15.1 Å². The van der Waals surface area contributed by atoms with Gasteiger partial charge in [-0.15, -0.1) is 0 Å². The molecule has 0 fully saturated rings. The molecule has 5 nitrogen and oxygen atoms in total. The third-order valence-corrected chi connectivity index (χ3v) is 3.73. The minimum Gasteiger partial charge on any atom is -0.377 e. The van der Waals surface area contributed by atoms with Gasteiger partial charge in [-0.1, -0.05) is 42.5 Å². The van der Waals surface area contributed by atoms with E-state index in [1.807, 2.05) is 42.5 Å². The average Bonchev–Trinajstić information content (AvgIpc) is 2.63. The highest BCUT2D eigenvalue weighted by Crippen LogP contribution is 2.11. The Kier molecular flexibility index (Phi) is 5.03. The van der Waals surface area contributed by atoms with Gasteiger partial charge in [0, 0.05) is 24.8 Å². The zero-order valence-electron chi connectivity index (χ0n) is 13.3. The fourth-order valence-electron chi connectivity index (χ4n) is 2.55. The maximum atomic E-state index is 12.3. The van der Waals surface area contributed by atoms with E-state index in [2.05, 4.69) is 22.6 Å². The highest BCUT2D eigenvalue weighted by molar-refractivity contribution is 5.61. The Morgan fingerprint density at radius 2 is 2.12 bits per heavy atom. The van der Waals surface area contributed by atoms with Crippen LogP contribution in [0, 0.1) is 0 Å². The van der Waals surface area contributed by atoms with E-state index in [0.717, 1.165) is 12.1 Å². The summed E-state index contributed by atoms with van der Waals surface area (Å²) < 4.78 is 1.69. The summed E-state index contributed by atoms with van der Waals surface area (Å²) in [5, 5.41) is 7.86. The van der Waals surface area contributed by atoms with Crippen molar-refractivity contribution in [2.45, 2.75) is 12.5 Å². The van der Waals surface area contributed by atoms with Gasteiger partial charge in [-0.3, -0.25) is 4.79 Å². The first kappa shape index (κ1) is 16.0. The number of nitrogens with two attached hydrogens (primary N) is 1. The molecule has 0 saturated carbocycles. The van der Waals surface area contributed by atoms with E-state index in [9.17, 15) is 4.79 Å². The van der Waals surface area contributed by atoms with Gasteiger partial charge in [-0.05, 0) is 24.6 Å². The van der Waals surface area contributed by atoms with Crippen molar-refractivity contribution in [1.29, 1.82) is 0 Å². The Labute approximate surface area is 140 Å². The molecule has 1 aliphatic rings. The lowest BCUT2D eigenvalue weighted by Gasteiger charge is -2.19. The first-order chi connectivity index (χ1) is 11.8. The molecule has 1 aromatic carbocycles. The van der Waals surface area contributed by atoms with E-state index in [1.54, 1.807) is 17.0 Å². The van der Waals surface area contributed by atoms with E-state index in [-0.39, 0.29) is 11.5 Å². The van der Waals surface area contributed by atoms with Gasteiger partial charge in [0.05, 0.1) is 11.4 Å². The summed E-state index contributed by atoms with van der Waals surface area (Å²) in [7, 11) is 0. The molecule has 1 unspecified atom stereocenters. The van der Waals surface area contributed by atoms with Gasteiger partial charge in [-0.2, -0.15) is 5.10 Å². The summed E-state index contributed by atoms with van der Waals surface area (Å²) in [6, 6.07) is 11.3. The van der Waals surface area contributed by atoms with Crippen LogP contribution in [0.15, 0.2) is 77.8 Å². The predicted molar refractivity (Wildman–Crippen MR) is 96.7 cm³/mol. The number of hydrogen-bond donors (Lipinski definition) is 2. The molecule has 0 aliphatic heterocycles. The summed E-state index contributed by atoms with van der Waals surface area (Å²) in [6.07, 6.45) is 12.5. The van der Waals surface area contributed by atoms with E-state index < -0.39 is 0 Å². The second-order valence-electron chi connectivity index (χ2n) is 5.46. The first-order valence-corrected chi connectivity index (χ1v) is 7.94. The minimum atomic E-state index is -0.135. The summed E-state index contributed by atoms with van der Waals surface area (Å²) in [5.41, 5.74) is 7.48. The van der Waals surface area contributed by atoms with Gasteiger partial charge in [0.15, 0.2) is 5.69 Å². The van der Waals surface area contributed by atoms with Gasteiger partial charge >= 0.3 is 0 Å². The monoisotopic (exact) mass is 320 g/mol. The van der Waals surface area contributed by atoms with Crippen LogP contribution < -0.4 is 16.5 Å². The van der Waals surface area contributed by atoms with Crippen LogP contribution in [0.2, 0.25) is 0 Å². The van der Waals surface area contributed by atoms with Gasteiger partial charge in [-0.25, -0.2) is 4.68 Å². The normalized spacial score (nSPS) is 17.0. The van der Waals surface area contributed by atoms with E-state index in [4.69, 9.17) is 5.73 Å². The van der Waals surface area contributed by atoms with Crippen molar-refractivity contribution in [3.05, 3.63) is 88.9 Å². The van der Waals surface area contributed by atoms with Crippen LogP contribution in [-0.2, 0) is 0 Å². The number of benzene rings is 1. The average molecular weight is 320 g/mol. The molecule has 122 valence electrons. The molecule has 24 heavy (non-hydrogen) atoms. The fourth-order valence-corrected chi connectivity index (χ4v) is 2.55. The van der Waals surface area contributed by atoms with E-state index in [1.165, 1.54) is 6.07 Å². The second kappa shape index (κ2) is 7.57. The molecule has 1 atom stereocenters. The van der Waals surface area contributed by atoms with Crippen LogP contribution in [0.5, 0.6) is 0 Å². The molecule has 0 bridgehead atoms. The molecular weight excluding hydrogens is 300 g/mol. The van der Waals surface area contributed by atoms with Crippen LogP contribution in [0.4, 0.5) is 0 Å². The second-order valence-corrected chi connectivity index (χ2v) is 5.46. The molecule has 0 radical (unpaired) electrons. The number of nitrogens with one attached hydrogen (secondary N) is 1. The molecule has 3 N–H and O–H groups in total. The molecule has 3 rings (SSSR count). The Hall–Kier alpha value is -2.92. The number of allylic oxidation sites excluding steroid dienone is 2. The standard InChI is InChI=1S/C19H20N4O/c20-13-11-17(21-15-7-3-1-4-8-15)19-18(24)12-14-23(22-19)16-9-5-2-6-10-16/h1-7,9-12,14-15,21H,8,13,20H2/b17-11-. The molecule has 0 amide bonds. The number of nitrogens with zero attached hydrogens (tertiary/aromatic N) is 2. The van der Waals surface area contributed by atoms with Gasteiger partial charge in [0.25, 0.3) is 0 Å². The highest BCUT2D eigenvalue weighted by atomic mass is 16.1. The molecule has 0 saturated heterocycles. The Morgan fingerprint density at radius 1 is 1.29 bits per heavy atom. The summed E-state index contributed by atoms with van der Waals surface area (Å²) in [6.45, 7) is 0.329. The van der Waals surface area contributed by atoms with Gasteiger partial charge in [0.1, 0.15) is 0 Å². The third kappa shape index (κ3) is 3.70. The van der Waals surface area contributed by atoms with Crippen LogP contribution in [0.1, 0.15) is 12.1 Å². The van der Waals surface area contributed by atoms with Gasteiger partial charge in [0.2, 0.25) is 5.43 Å². The smallest absolute Gasteiger partial charge is 0.209 e. The van der Waals surface area contributed by atoms with Crippen LogP contribution >= 0.6 is 0 Å². The lowest BCUT2D eigenvalue weighted by molar-refractivity contribution is 0.707. The minimum absolute atomic E-state index is 0.124. The zero-order valence-corrected chi connectivity index (χ0v) is 13.3. The maximum absolute atomic E-state index is 12.3. The molecule has 1 aromatic heterocycles. The quantitative estimate of drug-likeness (QED) is 0.884. The molecule has 0 spiro atoms. The summed E-state index contributed by atoms with van der Waals surface area (Å²) >= 11 is 0. The summed E-state index contributed by atoms with van der Waals surface area (Å²) in [4.78, 5) is 12.3. The van der Waals surface area contributed by atoms with Crippen molar-refractivity contribution < 1.29 is 0 Å². The molecular formula is C19H20N4O. The third-order valence-electron chi connectivity index (χ3n) is 3.73. The van der Waals surface area contributed by atoms with Crippen LogP contribution in [-0.4, -0.2) is 22.4 Å². The molecule has 2 aromatic rings. The number of rotatable bonds is 5. The van der Waals surface area contributed by atoms with Crippen LogP contribution in [0.25, 0.3) is 11.4 Å². The van der Waals surface area contributed by atoms with Crippen molar-refractivity contribution in [3.63, 3.8) is 0 Å².